The van der Waals surface area contributed by atoms with E-state index in [2.05, 4.69) is 18.3 Å². The molecule has 0 bridgehead atoms. The van der Waals surface area contributed by atoms with Crippen LogP contribution in [-0.4, -0.2) is 33.3 Å². The zero-order valence-corrected chi connectivity index (χ0v) is 16.2. The van der Waals surface area contributed by atoms with Crippen molar-refractivity contribution in [2.75, 3.05) is 27.4 Å². The molecule has 0 aliphatic rings. The van der Waals surface area contributed by atoms with E-state index in [0.717, 1.165) is 24.2 Å². The molecule has 0 spiro atoms. The van der Waals surface area contributed by atoms with Crippen molar-refractivity contribution in [3.8, 4) is 17.2 Å². The van der Waals surface area contributed by atoms with Crippen LogP contribution in [0.3, 0.4) is 0 Å². The second kappa shape index (κ2) is 10.9. The van der Waals surface area contributed by atoms with Gasteiger partial charge in [0, 0.05) is 6.08 Å². The van der Waals surface area contributed by atoms with Crippen LogP contribution in [0, 0.1) is 0 Å². The Kier molecular flexibility index (Phi) is 8.23. The number of hydrogen-bond acceptors (Lipinski definition) is 4. The Morgan fingerprint density at radius 3 is 2.56 bits per heavy atom. The summed E-state index contributed by atoms with van der Waals surface area (Å²) in [5.41, 5.74) is 2.05. The lowest BCUT2D eigenvalue weighted by Crippen LogP contribution is -2.26. The predicted molar refractivity (Wildman–Crippen MR) is 108 cm³/mol. The molecule has 0 aliphatic heterocycles. The molecule has 2 aromatic rings. The highest BCUT2D eigenvalue weighted by molar-refractivity contribution is 5.91. The molecule has 0 saturated heterocycles. The van der Waals surface area contributed by atoms with Gasteiger partial charge in [-0.25, -0.2) is 0 Å². The lowest BCUT2D eigenvalue weighted by molar-refractivity contribution is -0.116. The molecule has 0 fully saturated rings. The number of rotatable bonds is 10. The van der Waals surface area contributed by atoms with Crippen molar-refractivity contribution < 1.29 is 19.0 Å². The molecule has 0 heterocycles. The van der Waals surface area contributed by atoms with Crippen molar-refractivity contribution >= 4 is 12.0 Å². The van der Waals surface area contributed by atoms with E-state index in [0.29, 0.717) is 24.7 Å². The highest BCUT2D eigenvalue weighted by atomic mass is 16.5. The molecule has 5 heteroatoms. The first-order chi connectivity index (χ1) is 13.2. The number of ether oxygens (including phenoxy) is 3. The number of para-hydroxylation sites is 1. The van der Waals surface area contributed by atoms with Crippen LogP contribution < -0.4 is 19.5 Å². The topological polar surface area (TPSA) is 56.8 Å². The van der Waals surface area contributed by atoms with Crippen LogP contribution in [0.15, 0.2) is 48.5 Å². The SMILES string of the molecule is CCCc1ccccc1OCCNC(=O)C=Cc1ccc(OC)c(OC)c1. The summed E-state index contributed by atoms with van der Waals surface area (Å²) in [5, 5.41) is 2.82. The Bertz CT molecular complexity index is 771. The zero-order valence-electron chi connectivity index (χ0n) is 16.2. The number of benzene rings is 2. The van der Waals surface area contributed by atoms with Gasteiger partial charge in [-0.15, -0.1) is 0 Å². The highest BCUT2D eigenvalue weighted by Gasteiger charge is 2.04. The molecule has 1 N–H and O–H groups in total. The van der Waals surface area contributed by atoms with Gasteiger partial charge in [-0.1, -0.05) is 37.6 Å². The van der Waals surface area contributed by atoms with Crippen LogP contribution in [0.25, 0.3) is 6.08 Å². The zero-order chi connectivity index (χ0) is 19.5. The maximum Gasteiger partial charge on any atom is 0.244 e. The van der Waals surface area contributed by atoms with Gasteiger partial charge in [-0.3, -0.25) is 4.79 Å². The summed E-state index contributed by atoms with van der Waals surface area (Å²) < 4.78 is 16.2. The van der Waals surface area contributed by atoms with Crippen molar-refractivity contribution in [3.05, 3.63) is 59.7 Å². The van der Waals surface area contributed by atoms with Gasteiger partial charge in [0.25, 0.3) is 0 Å². The first kappa shape index (κ1) is 20.4. The first-order valence-corrected chi connectivity index (χ1v) is 9.06. The number of aryl methyl sites for hydroxylation is 1. The molecule has 0 radical (unpaired) electrons. The van der Waals surface area contributed by atoms with E-state index in [1.165, 1.54) is 11.6 Å². The Morgan fingerprint density at radius 1 is 1.04 bits per heavy atom. The number of carbonyl (C=O) groups is 1. The van der Waals surface area contributed by atoms with Gasteiger partial charge in [0.2, 0.25) is 5.91 Å². The van der Waals surface area contributed by atoms with Crippen molar-refractivity contribution in [2.45, 2.75) is 19.8 Å². The second-order valence-electron chi connectivity index (χ2n) is 5.94. The van der Waals surface area contributed by atoms with Crippen molar-refractivity contribution in [1.82, 2.24) is 5.32 Å². The molecule has 1 amide bonds. The molecule has 27 heavy (non-hydrogen) atoms. The van der Waals surface area contributed by atoms with E-state index in [1.807, 2.05) is 30.3 Å². The maximum absolute atomic E-state index is 12.0. The summed E-state index contributed by atoms with van der Waals surface area (Å²) in [6, 6.07) is 13.5. The minimum absolute atomic E-state index is 0.171. The van der Waals surface area contributed by atoms with Crippen LogP contribution in [0.4, 0.5) is 0 Å². The van der Waals surface area contributed by atoms with Crippen LogP contribution in [0.5, 0.6) is 17.2 Å². The lowest BCUT2D eigenvalue weighted by Gasteiger charge is -2.11. The summed E-state index contributed by atoms with van der Waals surface area (Å²) in [4.78, 5) is 12.0. The number of hydrogen-bond donors (Lipinski definition) is 1. The summed E-state index contributed by atoms with van der Waals surface area (Å²) in [6.07, 6.45) is 5.27. The molecule has 0 saturated carbocycles. The lowest BCUT2D eigenvalue weighted by atomic mass is 10.1. The minimum Gasteiger partial charge on any atom is -0.493 e. The third kappa shape index (κ3) is 6.37. The van der Waals surface area contributed by atoms with E-state index in [4.69, 9.17) is 14.2 Å². The van der Waals surface area contributed by atoms with Crippen molar-refractivity contribution in [2.24, 2.45) is 0 Å². The standard InChI is InChI=1S/C22H27NO4/c1-4-7-18-8-5-6-9-19(18)27-15-14-23-22(24)13-11-17-10-12-20(25-2)21(16-17)26-3/h5-6,8-13,16H,4,7,14-15H2,1-3H3,(H,23,24). The van der Waals surface area contributed by atoms with Gasteiger partial charge in [0.05, 0.1) is 20.8 Å². The fourth-order valence-corrected chi connectivity index (χ4v) is 2.64. The molecule has 5 nitrogen and oxygen atoms in total. The van der Waals surface area contributed by atoms with Crippen LogP contribution in [0.1, 0.15) is 24.5 Å². The quantitative estimate of drug-likeness (QED) is 0.510. The summed E-state index contributed by atoms with van der Waals surface area (Å²) in [6.45, 7) is 3.01. The molecule has 2 rings (SSSR count). The Labute approximate surface area is 161 Å². The molecule has 0 aliphatic carbocycles. The van der Waals surface area contributed by atoms with Crippen LogP contribution >= 0.6 is 0 Å². The van der Waals surface area contributed by atoms with E-state index >= 15 is 0 Å². The number of nitrogens with one attached hydrogen (secondary N) is 1. The van der Waals surface area contributed by atoms with Crippen LogP contribution in [0.2, 0.25) is 0 Å². The average Bonchev–Trinajstić information content (AvgIpc) is 2.70. The van der Waals surface area contributed by atoms with Gasteiger partial charge >= 0.3 is 0 Å². The van der Waals surface area contributed by atoms with Gasteiger partial charge in [-0.05, 0) is 41.8 Å². The normalized spacial score (nSPS) is 10.6. The molecule has 2 aromatic carbocycles. The third-order valence-corrected chi connectivity index (χ3v) is 3.99. The number of carbonyl (C=O) groups excluding carboxylic acids is 1. The number of amides is 1. The average molecular weight is 369 g/mol. The molecular formula is C22H27NO4. The fraction of sp³-hybridized carbons (Fsp3) is 0.318. The molecule has 0 unspecified atom stereocenters. The van der Waals surface area contributed by atoms with Gasteiger partial charge in [-0.2, -0.15) is 0 Å². The van der Waals surface area contributed by atoms with Crippen molar-refractivity contribution in [1.29, 1.82) is 0 Å². The Morgan fingerprint density at radius 2 is 1.81 bits per heavy atom. The van der Waals surface area contributed by atoms with Crippen LogP contribution in [-0.2, 0) is 11.2 Å². The monoisotopic (exact) mass is 369 g/mol. The van der Waals surface area contributed by atoms with E-state index in [-0.39, 0.29) is 5.91 Å². The molecule has 0 atom stereocenters. The summed E-state index contributed by atoms with van der Waals surface area (Å²) in [5.74, 6) is 1.99. The highest BCUT2D eigenvalue weighted by Crippen LogP contribution is 2.27. The van der Waals surface area contributed by atoms with Gasteiger partial charge < -0.3 is 19.5 Å². The van der Waals surface area contributed by atoms with E-state index < -0.39 is 0 Å². The van der Waals surface area contributed by atoms with E-state index in [9.17, 15) is 4.79 Å². The molecule has 0 aromatic heterocycles. The third-order valence-electron chi connectivity index (χ3n) is 3.99. The van der Waals surface area contributed by atoms with Gasteiger partial charge in [0.15, 0.2) is 11.5 Å². The second-order valence-corrected chi connectivity index (χ2v) is 5.94. The Balaban J connectivity index is 1.80. The minimum atomic E-state index is -0.171. The van der Waals surface area contributed by atoms with Crippen molar-refractivity contribution in [3.63, 3.8) is 0 Å². The van der Waals surface area contributed by atoms with E-state index in [1.54, 1.807) is 26.4 Å². The fourth-order valence-electron chi connectivity index (χ4n) is 2.64. The summed E-state index contributed by atoms with van der Waals surface area (Å²) in [7, 11) is 3.17. The Hall–Kier alpha value is -2.95. The molecular weight excluding hydrogens is 342 g/mol. The smallest absolute Gasteiger partial charge is 0.244 e. The molecule has 144 valence electrons. The largest absolute Gasteiger partial charge is 0.493 e. The maximum atomic E-state index is 12.0. The predicted octanol–water partition coefficient (Wildman–Crippen LogP) is 3.86. The summed E-state index contributed by atoms with van der Waals surface area (Å²) >= 11 is 0. The number of methoxy groups -OCH3 is 2. The van der Waals surface area contributed by atoms with Gasteiger partial charge in [0.1, 0.15) is 12.4 Å². The first-order valence-electron chi connectivity index (χ1n) is 9.06.